The number of carbonyl (C=O) groups is 3. The summed E-state index contributed by atoms with van der Waals surface area (Å²) in [6.45, 7) is 7.51. The Balaban J connectivity index is 1.72. The third kappa shape index (κ3) is 4.98. The quantitative estimate of drug-likeness (QED) is 0.354. The number of Topliss-reactive ketones (excluding diaryl/α,β-unsaturated/α-hetero) is 1. The van der Waals surface area contributed by atoms with Gasteiger partial charge in [-0.2, -0.15) is 0 Å². The van der Waals surface area contributed by atoms with Crippen molar-refractivity contribution in [3.8, 4) is 0 Å². The number of ketones is 1. The zero-order valence-corrected chi connectivity index (χ0v) is 20.5. The Labute approximate surface area is 204 Å². The number of fused-ring (bicyclic) bond motifs is 1. The number of benzene rings is 1. The van der Waals surface area contributed by atoms with Crippen LogP contribution in [0.2, 0.25) is 0 Å². The van der Waals surface area contributed by atoms with Crippen molar-refractivity contribution >= 4 is 23.3 Å². The number of carbonyl (C=O) groups excluding carboxylic acids is 3. The first-order valence-corrected chi connectivity index (χ1v) is 12.1. The summed E-state index contributed by atoms with van der Waals surface area (Å²) in [6, 6.07) is 4.06. The zero-order chi connectivity index (χ0) is 25.3. The largest absolute Gasteiger partial charge is 0.369 e. The molecule has 3 saturated heterocycles. The molecule has 2 N–H and O–H groups in total. The minimum absolute atomic E-state index is 0.0998. The Hall–Kier alpha value is -3.14. The SMILES string of the molecule is CC(C)C[C@H](C(=O)N1C[C@@H](N=[N+]=[N-])[C@H]2OCC(=O)[C@H]21)c1cc(N2CCN(C)CC2)ccc1C(N)=O. The van der Waals surface area contributed by atoms with Crippen LogP contribution in [0.25, 0.3) is 10.4 Å². The van der Waals surface area contributed by atoms with Crippen LogP contribution in [0.4, 0.5) is 5.69 Å². The van der Waals surface area contributed by atoms with Gasteiger partial charge in [0.05, 0.1) is 18.1 Å². The van der Waals surface area contributed by atoms with Crippen molar-refractivity contribution in [3.63, 3.8) is 0 Å². The van der Waals surface area contributed by atoms with Crippen molar-refractivity contribution in [1.29, 1.82) is 0 Å². The summed E-state index contributed by atoms with van der Waals surface area (Å²) in [5, 5.41) is 3.78. The van der Waals surface area contributed by atoms with Crippen molar-refractivity contribution in [1.82, 2.24) is 9.80 Å². The molecular weight excluding hydrogens is 450 g/mol. The lowest BCUT2D eigenvalue weighted by Crippen LogP contribution is -2.45. The normalized spacial score (nSPS) is 25.5. The van der Waals surface area contributed by atoms with Gasteiger partial charge in [-0.3, -0.25) is 14.4 Å². The van der Waals surface area contributed by atoms with Crippen LogP contribution in [-0.2, 0) is 14.3 Å². The van der Waals surface area contributed by atoms with E-state index in [1.807, 2.05) is 26.0 Å². The van der Waals surface area contributed by atoms with Crippen molar-refractivity contribution in [2.45, 2.75) is 44.4 Å². The molecule has 0 bridgehead atoms. The van der Waals surface area contributed by atoms with Crippen molar-refractivity contribution in [2.24, 2.45) is 16.8 Å². The summed E-state index contributed by atoms with van der Waals surface area (Å²) in [4.78, 5) is 47.9. The Morgan fingerprint density at radius 3 is 2.60 bits per heavy atom. The van der Waals surface area contributed by atoms with Crippen LogP contribution in [0.15, 0.2) is 23.3 Å². The molecule has 2 amide bonds. The number of rotatable bonds is 7. The van der Waals surface area contributed by atoms with Crippen LogP contribution in [0, 0.1) is 5.92 Å². The van der Waals surface area contributed by atoms with Gasteiger partial charge in [0.1, 0.15) is 12.6 Å². The van der Waals surface area contributed by atoms with Crippen LogP contribution >= 0.6 is 0 Å². The van der Waals surface area contributed by atoms with E-state index >= 15 is 0 Å². The van der Waals surface area contributed by atoms with E-state index in [0.29, 0.717) is 17.5 Å². The fourth-order valence-corrected chi connectivity index (χ4v) is 5.38. The van der Waals surface area contributed by atoms with Gasteiger partial charge in [0.25, 0.3) is 0 Å². The first kappa shape index (κ1) is 25.0. The maximum atomic E-state index is 14.0. The van der Waals surface area contributed by atoms with Crippen LogP contribution in [0.3, 0.4) is 0 Å². The van der Waals surface area contributed by atoms with E-state index in [9.17, 15) is 14.4 Å². The number of primary amides is 1. The molecule has 1 aromatic rings. The molecule has 0 aromatic heterocycles. The van der Waals surface area contributed by atoms with Gasteiger partial charge in [0.2, 0.25) is 11.8 Å². The van der Waals surface area contributed by atoms with Gasteiger partial charge in [-0.15, -0.1) is 0 Å². The smallest absolute Gasteiger partial charge is 0.249 e. The molecule has 1 aromatic carbocycles. The summed E-state index contributed by atoms with van der Waals surface area (Å²) >= 11 is 0. The molecule has 0 aliphatic carbocycles. The highest BCUT2D eigenvalue weighted by molar-refractivity contribution is 5.99. The molecule has 11 nitrogen and oxygen atoms in total. The molecule has 35 heavy (non-hydrogen) atoms. The third-order valence-corrected chi connectivity index (χ3v) is 7.19. The number of piperazine rings is 1. The van der Waals surface area contributed by atoms with Gasteiger partial charge in [-0.1, -0.05) is 19.0 Å². The molecule has 188 valence electrons. The Morgan fingerprint density at radius 1 is 1.26 bits per heavy atom. The van der Waals surface area contributed by atoms with Gasteiger partial charge in [-0.05, 0) is 48.7 Å². The number of hydrogen-bond acceptors (Lipinski definition) is 7. The predicted molar refractivity (Wildman–Crippen MR) is 130 cm³/mol. The molecule has 3 aliphatic heterocycles. The monoisotopic (exact) mass is 483 g/mol. The fraction of sp³-hybridized carbons (Fsp3) is 0.625. The zero-order valence-electron chi connectivity index (χ0n) is 20.5. The molecule has 0 saturated carbocycles. The number of azide groups is 1. The van der Waals surface area contributed by atoms with Crippen molar-refractivity contribution in [3.05, 3.63) is 39.8 Å². The second-order valence-electron chi connectivity index (χ2n) is 10.1. The summed E-state index contributed by atoms with van der Waals surface area (Å²) < 4.78 is 5.58. The second-order valence-corrected chi connectivity index (χ2v) is 10.1. The predicted octanol–water partition coefficient (Wildman–Crippen LogP) is 1.52. The third-order valence-electron chi connectivity index (χ3n) is 7.19. The number of nitrogens with two attached hydrogens (primary N) is 1. The Morgan fingerprint density at radius 2 is 1.97 bits per heavy atom. The van der Waals surface area contributed by atoms with Crippen LogP contribution in [0.1, 0.15) is 42.1 Å². The molecule has 0 radical (unpaired) electrons. The highest BCUT2D eigenvalue weighted by Crippen LogP contribution is 2.37. The number of likely N-dealkylation sites (tertiary alicyclic amines) is 1. The lowest BCUT2D eigenvalue weighted by molar-refractivity contribution is -0.138. The standard InChI is InChI=1S/C24H33N7O4/c1-14(2)10-18(24(34)31-12-19(27-28-26)22-21(31)20(32)13-35-22)17-11-15(4-5-16(17)23(25)33)30-8-6-29(3)7-9-30/h4-5,11,14,18-19,21-22H,6-10,12-13H2,1-3H3,(H2,25,33)/t18-,19+,21+,22+/m0/s1. The summed E-state index contributed by atoms with van der Waals surface area (Å²) in [7, 11) is 2.08. The van der Waals surface area contributed by atoms with E-state index in [4.69, 9.17) is 16.0 Å². The maximum Gasteiger partial charge on any atom is 0.249 e. The van der Waals surface area contributed by atoms with Crippen LogP contribution in [0.5, 0.6) is 0 Å². The van der Waals surface area contributed by atoms with E-state index < -0.39 is 30.0 Å². The molecule has 11 heteroatoms. The average Bonchev–Trinajstić information content (AvgIpc) is 3.38. The highest BCUT2D eigenvalue weighted by Gasteiger charge is 2.53. The number of likely N-dealkylation sites (N-methyl/N-ethyl adjacent to an activating group) is 1. The molecule has 3 heterocycles. The molecular formula is C24H33N7O4. The molecule has 4 atom stereocenters. The molecule has 4 rings (SSSR count). The number of amides is 2. The number of nitrogens with zero attached hydrogens (tertiary/aromatic N) is 6. The summed E-state index contributed by atoms with van der Waals surface area (Å²) in [5.74, 6) is -1.62. The van der Waals surface area contributed by atoms with E-state index in [1.54, 1.807) is 6.07 Å². The summed E-state index contributed by atoms with van der Waals surface area (Å²) in [5.41, 5.74) is 16.5. The van der Waals surface area contributed by atoms with Crippen molar-refractivity contribution in [2.75, 3.05) is 51.3 Å². The number of anilines is 1. The topological polar surface area (TPSA) is 145 Å². The second kappa shape index (κ2) is 10.2. The molecule has 3 fully saturated rings. The number of ether oxygens (including phenoxy) is 1. The van der Waals surface area contributed by atoms with Crippen molar-refractivity contribution < 1.29 is 19.1 Å². The van der Waals surface area contributed by atoms with Gasteiger partial charge < -0.3 is 25.2 Å². The van der Waals surface area contributed by atoms with Crippen LogP contribution < -0.4 is 10.6 Å². The molecule has 3 aliphatic rings. The van der Waals surface area contributed by atoms with E-state index in [-0.39, 0.29) is 30.8 Å². The van der Waals surface area contributed by atoms with Gasteiger partial charge in [-0.25, -0.2) is 0 Å². The van der Waals surface area contributed by atoms with Gasteiger partial charge in [0.15, 0.2) is 5.78 Å². The van der Waals surface area contributed by atoms with E-state index in [0.717, 1.165) is 31.9 Å². The van der Waals surface area contributed by atoms with E-state index in [1.165, 1.54) is 4.90 Å². The average molecular weight is 484 g/mol. The first-order chi connectivity index (χ1) is 16.7. The lowest BCUT2D eigenvalue weighted by atomic mass is 9.85. The van der Waals surface area contributed by atoms with Gasteiger partial charge in [0, 0.05) is 48.9 Å². The van der Waals surface area contributed by atoms with Gasteiger partial charge >= 0.3 is 0 Å². The highest BCUT2D eigenvalue weighted by atomic mass is 16.5. The Kier molecular flexibility index (Phi) is 7.30. The summed E-state index contributed by atoms with van der Waals surface area (Å²) in [6.07, 6.45) is -0.171. The minimum atomic E-state index is -0.787. The molecule has 0 spiro atoms. The molecule has 0 unspecified atom stereocenters. The van der Waals surface area contributed by atoms with E-state index in [2.05, 4.69) is 26.9 Å². The lowest BCUT2D eigenvalue weighted by Gasteiger charge is -2.35. The Bertz CT molecular complexity index is 1050. The minimum Gasteiger partial charge on any atom is -0.369 e. The van der Waals surface area contributed by atoms with Crippen LogP contribution in [-0.4, -0.2) is 92.0 Å². The number of hydrogen-bond donors (Lipinski definition) is 1. The first-order valence-electron chi connectivity index (χ1n) is 12.1. The fourth-order valence-electron chi connectivity index (χ4n) is 5.38. The maximum absolute atomic E-state index is 14.0.